The summed E-state index contributed by atoms with van der Waals surface area (Å²) >= 11 is 2.70. The van der Waals surface area contributed by atoms with Crippen LogP contribution in [0.15, 0.2) is 5.16 Å². The molecule has 0 fully saturated rings. The topological polar surface area (TPSA) is 112 Å². The fraction of sp³-hybridized carbons (Fsp3) is 0.556. The van der Waals surface area contributed by atoms with Crippen molar-refractivity contribution in [2.75, 3.05) is 23.5 Å². The molecule has 1 aliphatic rings. The van der Waals surface area contributed by atoms with Crippen LogP contribution in [0.3, 0.4) is 0 Å². The quantitative estimate of drug-likeness (QED) is 0.381. The second-order valence-electron chi connectivity index (χ2n) is 6.49. The van der Waals surface area contributed by atoms with Crippen LogP contribution < -0.4 is 11.2 Å². The highest BCUT2D eigenvalue weighted by Gasteiger charge is 2.27. The van der Waals surface area contributed by atoms with Crippen LogP contribution in [0.1, 0.15) is 59.7 Å². The molecule has 0 radical (unpaired) electrons. The Balaban J connectivity index is 1.70. The summed E-state index contributed by atoms with van der Waals surface area (Å²) in [6, 6.07) is 0. The molecule has 0 aromatic carbocycles. The molecule has 1 amide bonds. The molecular weight excluding hydrogens is 398 g/mol. The van der Waals surface area contributed by atoms with Gasteiger partial charge in [-0.25, -0.2) is 9.47 Å². The number of hydrogen-bond acceptors (Lipinski definition) is 8. The van der Waals surface area contributed by atoms with Crippen molar-refractivity contribution < 1.29 is 14.3 Å². The van der Waals surface area contributed by atoms with E-state index in [-0.39, 0.29) is 17.6 Å². The van der Waals surface area contributed by atoms with Crippen molar-refractivity contribution in [2.24, 2.45) is 0 Å². The number of nitrogens with two attached hydrogens (primary N) is 1. The summed E-state index contributed by atoms with van der Waals surface area (Å²) in [7, 11) is 0. The van der Waals surface area contributed by atoms with Gasteiger partial charge in [0.1, 0.15) is 5.00 Å². The molecule has 1 aliphatic carbocycles. The molecular formula is C18H25N5O3S2. The van der Waals surface area contributed by atoms with E-state index in [0.717, 1.165) is 44.1 Å². The van der Waals surface area contributed by atoms with Gasteiger partial charge in [0.05, 0.1) is 17.9 Å². The Morgan fingerprint density at radius 1 is 1.29 bits per heavy atom. The lowest BCUT2D eigenvalue weighted by molar-refractivity contribution is -0.113. The van der Waals surface area contributed by atoms with Crippen molar-refractivity contribution in [3.05, 3.63) is 21.8 Å². The Hall–Kier alpha value is -2.07. The molecule has 3 rings (SSSR count). The van der Waals surface area contributed by atoms with Gasteiger partial charge in [0.2, 0.25) is 11.1 Å². The zero-order valence-electron chi connectivity index (χ0n) is 16.1. The average Bonchev–Trinajstić information content (AvgIpc) is 3.21. The van der Waals surface area contributed by atoms with Crippen LogP contribution in [0.25, 0.3) is 0 Å². The van der Waals surface area contributed by atoms with E-state index in [0.29, 0.717) is 28.2 Å². The van der Waals surface area contributed by atoms with Crippen LogP contribution in [0.4, 0.5) is 5.00 Å². The molecule has 2 heterocycles. The summed E-state index contributed by atoms with van der Waals surface area (Å²) in [4.78, 5) is 26.1. The lowest BCUT2D eigenvalue weighted by Gasteiger charge is -2.12. The number of esters is 1. The molecule has 0 aliphatic heterocycles. The predicted molar refractivity (Wildman–Crippen MR) is 110 cm³/mol. The van der Waals surface area contributed by atoms with E-state index < -0.39 is 0 Å². The Morgan fingerprint density at radius 2 is 2.07 bits per heavy atom. The van der Waals surface area contributed by atoms with Gasteiger partial charge in [-0.05, 0) is 44.6 Å². The van der Waals surface area contributed by atoms with Crippen LogP contribution in [0, 0.1) is 0 Å². The number of aryl methyl sites for hydroxylation is 2. The number of carbonyl (C=O) groups is 2. The number of anilines is 1. The number of nitrogens with zero attached hydrogens (tertiary/aromatic N) is 3. The lowest BCUT2D eigenvalue weighted by Crippen LogP contribution is -2.18. The number of aromatic nitrogens is 3. The van der Waals surface area contributed by atoms with Crippen molar-refractivity contribution in [1.82, 2.24) is 14.9 Å². The van der Waals surface area contributed by atoms with Gasteiger partial charge in [0, 0.05) is 11.3 Å². The average molecular weight is 424 g/mol. The number of thiophene rings is 1. The van der Waals surface area contributed by atoms with Gasteiger partial charge in [0.25, 0.3) is 0 Å². The van der Waals surface area contributed by atoms with Gasteiger partial charge in [-0.2, -0.15) is 0 Å². The normalized spacial score (nSPS) is 13.2. The number of nitrogen functional groups attached to an aromatic ring is 1. The van der Waals surface area contributed by atoms with Gasteiger partial charge >= 0.3 is 5.97 Å². The number of amides is 1. The second kappa shape index (κ2) is 9.42. The Bertz CT molecular complexity index is 862. The number of fused-ring (bicyclic) bond motifs is 1. The highest BCUT2D eigenvalue weighted by Crippen LogP contribution is 2.38. The van der Waals surface area contributed by atoms with E-state index in [2.05, 4.69) is 15.5 Å². The van der Waals surface area contributed by atoms with E-state index in [4.69, 9.17) is 10.6 Å². The second-order valence-corrected chi connectivity index (χ2v) is 8.54. The summed E-state index contributed by atoms with van der Waals surface area (Å²) in [6.07, 6.45) is 5.59. The van der Waals surface area contributed by atoms with E-state index in [1.807, 2.05) is 6.92 Å². The maximum atomic E-state index is 12.5. The number of nitrogens with one attached hydrogen (secondary N) is 1. The molecule has 152 valence electrons. The zero-order valence-corrected chi connectivity index (χ0v) is 17.8. The summed E-state index contributed by atoms with van der Waals surface area (Å²) in [5, 5.41) is 12.0. The van der Waals surface area contributed by atoms with Crippen molar-refractivity contribution in [3.8, 4) is 0 Å². The molecule has 0 bridgehead atoms. The molecule has 2 aromatic heterocycles. The SMILES string of the molecule is CCCc1nnc(SCC(=O)Nc2sc3c(c2C(=O)OCC)CCCC3)n1N. The Morgan fingerprint density at radius 3 is 2.82 bits per heavy atom. The minimum Gasteiger partial charge on any atom is -0.462 e. The van der Waals surface area contributed by atoms with Crippen molar-refractivity contribution in [3.63, 3.8) is 0 Å². The summed E-state index contributed by atoms with van der Waals surface area (Å²) in [5.74, 6) is 6.22. The van der Waals surface area contributed by atoms with Crippen molar-refractivity contribution >= 4 is 40.0 Å². The smallest absolute Gasteiger partial charge is 0.341 e. The van der Waals surface area contributed by atoms with Crippen LogP contribution in [-0.4, -0.2) is 39.1 Å². The molecule has 0 saturated carbocycles. The van der Waals surface area contributed by atoms with Crippen LogP contribution >= 0.6 is 23.1 Å². The first-order valence-electron chi connectivity index (χ1n) is 9.48. The minimum atomic E-state index is -0.365. The number of carbonyl (C=O) groups excluding carboxylic acids is 2. The van der Waals surface area contributed by atoms with E-state index in [1.165, 1.54) is 32.7 Å². The molecule has 0 saturated heterocycles. The minimum absolute atomic E-state index is 0.131. The first kappa shape index (κ1) is 20.7. The summed E-state index contributed by atoms with van der Waals surface area (Å²) in [5.41, 5.74) is 1.55. The van der Waals surface area contributed by atoms with Crippen molar-refractivity contribution in [2.45, 2.75) is 57.5 Å². The van der Waals surface area contributed by atoms with E-state index in [1.54, 1.807) is 6.92 Å². The highest BCUT2D eigenvalue weighted by atomic mass is 32.2. The molecule has 28 heavy (non-hydrogen) atoms. The maximum Gasteiger partial charge on any atom is 0.341 e. The highest BCUT2D eigenvalue weighted by molar-refractivity contribution is 7.99. The molecule has 0 spiro atoms. The van der Waals surface area contributed by atoms with Gasteiger partial charge in [-0.15, -0.1) is 21.5 Å². The third-order valence-electron chi connectivity index (χ3n) is 4.44. The third-order valence-corrected chi connectivity index (χ3v) is 6.60. The number of ether oxygens (including phenoxy) is 1. The molecule has 3 N–H and O–H groups in total. The summed E-state index contributed by atoms with van der Waals surface area (Å²) < 4.78 is 6.64. The Labute approximate surface area is 172 Å². The van der Waals surface area contributed by atoms with Gasteiger partial charge in [-0.3, -0.25) is 4.79 Å². The predicted octanol–water partition coefficient (Wildman–Crippen LogP) is 2.79. The zero-order chi connectivity index (χ0) is 20.1. The van der Waals surface area contributed by atoms with Gasteiger partial charge in [-0.1, -0.05) is 18.7 Å². The van der Waals surface area contributed by atoms with E-state index in [9.17, 15) is 9.59 Å². The molecule has 8 nitrogen and oxygen atoms in total. The van der Waals surface area contributed by atoms with Crippen LogP contribution in [-0.2, 0) is 28.8 Å². The van der Waals surface area contributed by atoms with Gasteiger partial charge in [0.15, 0.2) is 5.82 Å². The first-order valence-corrected chi connectivity index (χ1v) is 11.3. The standard InChI is InChI=1S/C18H25N5O3S2/c1-3-7-13-21-22-18(23(13)19)27-10-14(24)20-16-15(17(25)26-4-2)11-8-5-6-9-12(11)28-16/h3-10,19H2,1-2H3,(H,20,24). The van der Waals surface area contributed by atoms with E-state index >= 15 is 0 Å². The number of hydrogen-bond donors (Lipinski definition) is 2. The fourth-order valence-corrected chi connectivity index (χ4v) is 5.13. The number of rotatable bonds is 8. The molecule has 0 atom stereocenters. The van der Waals surface area contributed by atoms with Crippen LogP contribution in [0.5, 0.6) is 0 Å². The van der Waals surface area contributed by atoms with Crippen molar-refractivity contribution in [1.29, 1.82) is 0 Å². The fourth-order valence-electron chi connectivity index (χ4n) is 3.17. The largest absolute Gasteiger partial charge is 0.462 e. The third kappa shape index (κ3) is 4.49. The number of thioether (sulfide) groups is 1. The molecule has 2 aromatic rings. The van der Waals surface area contributed by atoms with Crippen LogP contribution in [0.2, 0.25) is 0 Å². The Kier molecular flexibility index (Phi) is 6.95. The molecule has 10 heteroatoms. The maximum absolute atomic E-state index is 12.5. The summed E-state index contributed by atoms with van der Waals surface area (Å²) in [6.45, 7) is 4.12. The molecule has 0 unspecified atom stereocenters. The lowest BCUT2D eigenvalue weighted by atomic mass is 9.95. The van der Waals surface area contributed by atoms with Gasteiger partial charge < -0.3 is 15.9 Å². The first-order chi connectivity index (χ1) is 13.5. The monoisotopic (exact) mass is 423 g/mol.